The molecule has 0 heterocycles. The molecular formula is C40H54O6. The lowest BCUT2D eigenvalue weighted by atomic mass is 9.38. The Hall–Kier alpha value is -3.67. The molecule has 250 valence electrons. The molecule has 2 aliphatic rings. The summed E-state index contributed by atoms with van der Waals surface area (Å²) in [6.07, 6.45) is 7.94. The Kier molecular flexibility index (Phi) is 11.2. The van der Waals surface area contributed by atoms with Gasteiger partial charge >= 0.3 is 0 Å². The van der Waals surface area contributed by atoms with Crippen molar-refractivity contribution in [2.45, 2.75) is 101 Å². The lowest BCUT2D eigenvalue weighted by Crippen LogP contribution is -2.69. The van der Waals surface area contributed by atoms with Crippen molar-refractivity contribution in [2.75, 3.05) is 6.61 Å². The van der Waals surface area contributed by atoms with Crippen molar-refractivity contribution in [3.05, 3.63) is 76.4 Å². The number of hydrogen-bond acceptors (Lipinski definition) is 6. The molecule has 0 unspecified atom stereocenters. The smallest absolute Gasteiger partial charge is 0.184 e. The normalized spacial score (nSPS) is 25.3. The molecule has 0 spiro atoms. The number of fused-ring (bicyclic) bond motifs is 2. The molecule has 2 fully saturated rings. The summed E-state index contributed by atoms with van der Waals surface area (Å²) in [5.74, 6) is -2.51. The molecule has 6 nitrogen and oxygen atoms in total. The number of aliphatic hydroxyl groups is 1. The van der Waals surface area contributed by atoms with Gasteiger partial charge in [0.25, 0.3) is 0 Å². The average Bonchev–Trinajstić information content (AvgIpc) is 2.95. The Morgan fingerprint density at radius 1 is 0.978 bits per heavy atom. The third-order valence-electron chi connectivity index (χ3n) is 10.3. The van der Waals surface area contributed by atoms with Gasteiger partial charge < -0.3 is 14.9 Å². The van der Waals surface area contributed by atoms with Gasteiger partial charge in [-0.3, -0.25) is 14.4 Å². The summed E-state index contributed by atoms with van der Waals surface area (Å²) >= 11 is 0. The lowest BCUT2D eigenvalue weighted by molar-refractivity contribution is -0.177. The maximum absolute atomic E-state index is 15.3. The largest absolute Gasteiger partial charge is 0.506 e. The second-order valence-corrected chi connectivity index (χ2v) is 14.7. The van der Waals surface area contributed by atoms with Crippen LogP contribution < -0.4 is 4.74 Å². The summed E-state index contributed by atoms with van der Waals surface area (Å²) in [5.41, 5.74) is -0.186. The third-order valence-corrected chi connectivity index (χ3v) is 10.3. The number of aliphatic hydroxyl groups excluding tert-OH is 1. The molecule has 2 bridgehead atoms. The van der Waals surface area contributed by atoms with Crippen LogP contribution in [-0.2, 0) is 14.4 Å². The standard InChI is InChI=1S/C40H54O6/c1-12-46-32-18-16-28(21-31(32)41)34(42)33-35(43)39(22-29(27(8)9)15-13-24(2)3)23-30(17-14-25(4)5)38(10,11)40(36(33)44,37(39)45)20-19-26(6)7/h13-14,16,18-19,21,29-30,41-42H,8,12,15,17,20,22-23H2,1-7,9-11H3/b34-33-/t29-,30-,39+,40-/m1/s1. The fraction of sp³-hybridized carbons (Fsp3) is 0.525. The molecule has 2 aliphatic carbocycles. The molecular weight excluding hydrogens is 576 g/mol. The van der Waals surface area contributed by atoms with Crippen molar-refractivity contribution in [1.82, 2.24) is 0 Å². The molecule has 4 atom stereocenters. The number of ether oxygens (including phenoxy) is 1. The Labute approximate surface area is 276 Å². The summed E-state index contributed by atoms with van der Waals surface area (Å²) in [6.45, 7) is 24.2. The maximum Gasteiger partial charge on any atom is 0.184 e. The Morgan fingerprint density at radius 3 is 2.11 bits per heavy atom. The molecule has 2 N–H and O–H groups in total. The molecule has 6 heteroatoms. The van der Waals surface area contributed by atoms with Crippen molar-refractivity contribution in [2.24, 2.45) is 28.1 Å². The van der Waals surface area contributed by atoms with E-state index in [0.29, 0.717) is 19.4 Å². The predicted molar refractivity (Wildman–Crippen MR) is 186 cm³/mol. The number of carbonyl (C=O) groups is 3. The van der Waals surface area contributed by atoms with Gasteiger partial charge in [0.2, 0.25) is 0 Å². The van der Waals surface area contributed by atoms with Gasteiger partial charge in [0.05, 0.1) is 12.0 Å². The monoisotopic (exact) mass is 630 g/mol. The lowest BCUT2D eigenvalue weighted by Gasteiger charge is -2.60. The number of phenols is 1. The van der Waals surface area contributed by atoms with Crippen LogP contribution >= 0.6 is 0 Å². The fourth-order valence-corrected chi connectivity index (χ4v) is 7.35. The zero-order valence-corrected chi connectivity index (χ0v) is 29.6. The van der Waals surface area contributed by atoms with E-state index in [1.54, 1.807) is 6.92 Å². The molecule has 3 rings (SSSR count). The van der Waals surface area contributed by atoms with Crippen LogP contribution in [0.15, 0.2) is 70.9 Å². The van der Waals surface area contributed by atoms with Crippen molar-refractivity contribution in [3.63, 3.8) is 0 Å². The maximum atomic E-state index is 15.3. The van der Waals surface area contributed by atoms with E-state index in [1.807, 2.05) is 68.4 Å². The zero-order valence-electron chi connectivity index (χ0n) is 29.6. The van der Waals surface area contributed by atoms with Crippen LogP contribution in [0.2, 0.25) is 0 Å². The summed E-state index contributed by atoms with van der Waals surface area (Å²) < 4.78 is 5.45. The SMILES string of the molecule is C=C(C)[C@H](CC=C(C)C)C[C@]12C[C@@H](CC=C(C)C)C(C)(C)[C@](CC=C(C)C)(C(=O)/C(=C(\O)c3ccc(OCC)c(O)c3)C1=O)C2=O. The van der Waals surface area contributed by atoms with E-state index in [0.717, 1.165) is 22.3 Å². The second kappa shape index (κ2) is 14.0. The minimum Gasteiger partial charge on any atom is -0.506 e. The van der Waals surface area contributed by atoms with Crippen LogP contribution in [0.1, 0.15) is 107 Å². The van der Waals surface area contributed by atoms with Crippen LogP contribution in [0, 0.1) is 28.1 Å². The van der Waals surface area contributed by atoms with Gasteiger partial charge in [0.1, 0.15) is 16.7 Å². The number of ketones is 3. The zero-order chi connectivity index (χ0) is 34.8. The number of allylic oxidation sites excluding steroid dienone is 8. The molecule has 0 amide bonds. The number of carbonyl (C=O) groups excluding carboxylic acids is 3. The van der Waals surface area contributed by atoms with Gasteiger partial charge in [-0.2, -0.15) is 0 Å². The highest BCUT2D eigenvalue weighted by Crippen LogP contribution is 2.66. The molecule has 0 saturated heterocycles. The van der Waals surface area contributed by atoms with E-state index < -0.39 is 33.6 Å². The topological polar surface area (TPSA) is 101 Å². The van der Waals surface area contributed by atoms with E-state index in [-0.39, 0.29) is 59.5 Å². The molecule has 0 aliphatic heterocycles. The molecule has 46 heavy (non-hydrogen) atoms. The van der Waals surface area contributed by atoms with Gasteiger partial charge in [0.15, 0.2) is 28.8 Å². The van der Waals surface area contributed by atoms with Crippen LogP contribution in [0.5, 0.6) is 11.5 Å². The Balaban J connectivity index is 2.45. The predicted octanol–water partition coefficient (Wildman–Crippen LogP) is 9.45. The van der Waals surface area contributed by atoms with E-state index in [4.69, 9.17) is 4.74 Å². The van der Waals surface area contributed by atoms with Crippen molar-refractivity contribution >= 4 is 23.1 Å². The van der Waals surface area contributed by atoms with Crippen molar-refractivity contribution < 1.29 is 29.3 Å². The minimum atomic E-state index is -1.59. The van der Waals surface area contributed by atoms with E-state index in [2.05, 4.69) is 18.7 Å². The first-order chi connectivity index (χ1) is 21.4. The highest BCUT2D eigenvalue weighted by molar-refractivity contribution is 6.41. The van der Waals surface area contributed by atoms with Crippen molar-refractivity contribution in [1.29, 1.82) is 0 Å². The first-order valence-electron chi connectivity index (χ1n) is 16.5. The number of phenolic OH excluding ortho intramolecular Hbond substituents is 1. The number of aromatic hydroxyl groups is 1. The van der Waals surface area contributed by atoms with Crippen LogP contribution in [0.3, 0.4) is 0 Å². The highest BCUT2D eigenvalue weighted by Gasteiger charge is 2.74. The number of rotatable bonds is 12. The van der Waals surface area contributed by atoms with Crippen LogP contribution in [0.4, 0.5) is 0 Å². The third kappa shape index (κ3) is 6.59. The number of benzene rings is 1. The summed E-state index contributed by atoms with van der Waals surface area (Å²) in [4.78, 5) is 45.3. The van der Waals surface area contributed by atoms with E-state index in [1.165, 1.54) is 18.2 Å². The molecule has 1 aromatic rings. The molecule has 0 radical (unpaired) electrons. The Morgan fingerprint density at radius 2 is 1.59 bits per heavy atom. The van der Waals surface area contributed by atoms with Gasteiger partial charge in [0, 0.05) is 5.56 Å². The van der Waals surface area contributed by atoms with Crippen LogP contribution in [0.25, 0.3) is 5.76 Å². The number of Topliss-reactive ketones (excluding diaryl/α,β-unsaturated/α-hetero) is 3. The first-order valence-corrected chi connectivity index (χ1v) is 16.5. The summed E-state index contributed by atoms with van der Waals surface area (Å²) in [5, 5.41) is 22.5. The van der Waals surface area contributed by atoms with E-state index >= 15 is 9.59 Å². The second-order valence-electron chi connectivity index (χ2n) is 14.7. The minimum absolute atomic E-state index is 0.109. The van der Waals surface area contributed by atoms with Crippen molar-refractivity contribution in [3.8, 4) is 11.5 Å². The van der Waals surface area contributed by atoms with Gasteiger partial charge in [-0.05, 0) is 123 Å². The summed E-state index contributed by atoms with van der Waals surface area (Å²) in [7, 11) is 0. The summed E-state index contributed by atoms with van der Waals surface area (Å²) in [6, 6.07) is 4.31. The highest BCUT2D eigenvalue weighted by atomic mass is 16.5. The average molecular weight is 631 g/mol. The quantitative estimate of drug-likeness (QED) is 0.0784. The molecule has 0 aromatic heterocycles. The Bertz CT molecular complexity index is 1520. The molecule has 1 aromatic carbocycles. The van der Waals surface area contributed by atoms with Gasteiger partial charge in [-0.1, -0.05) is 60.9 Å². The van der Waals surface area contributed by atoms with Crippen LogP contribution in [-0.4, -0.2) is 34.2 Å². The van der Waals surface area contributed by atoms with Gasteiger partial charge in [-0.25, -0.2) is 0 Å². The first kappa shape index (κ1) is 36.8. The fourth-order valence-electron chi connectivity index (χ4n) is 7.35. The van der Waals surface area contributed by atoms with Gasteiger partial charge in [-0.15, -0.1) is 0 Å². The van der Waals surface area contributed by atoms with E-state index in [9.17, 15) is 15.0 Å². The molecule has 2 saturated carbocycles. The number of hydrogen-bond donors (Lipinski definition) is 2.